The Hall–Kier alpha value is -2.53. The zero-order chi connectivity index (χ0) is 18.2. The van der Waals surface area contributed by atoms with E-state index in [9.17, 15) is 4.79 Å². The van der Waals surface area contributed by atoms with Crippen LogP contribution in [0.4, 0.5) is 0 Å². The third kappa shape index (κ3) is 5.23. The summed E-state index contributed by atoms with van der Waals surface area (Å²) in [6.07, 6.45) is 2.01. The minimum Gasteiger partial charge on any atom is -0.494 e. The Bertz CT molecular complexity index is 705. The van der Waals surface area contributed by atoms with Gasteiger partial charge in [0.05, 0.1) is 18.3 Å². The second-order valence-electron chi connectivity index (χ2n) is 6.13. The first-order valence-corrected chi connectivity index (χ1v) is 8.98. The lowest BCUT2D eigenvalue weighted by Gasteiger charge is -2.11. The molecule has 138 valence electrons. The highest BCUT2D eigenvalue weighted by molar-refractivity contribution is 5.89. The van der Waals surface area contributed by atoms with Gasteiger partial charge in [-0.25, -0.2) is 4.79 Å². The van der Waals surface area contributed by atoms with Crippen molar-refractivity contribution in [2.24, 2.45) is 0 Å². The van der Waals surface area contributed by atoms with Crippen LogP contribution in [0.3, 0.4) is 0 Å². The minimum absolute atomic E-state index is 0.0325. The number of esters is 1. The highest BCUT2D eigenvalue weighted by atomic mass is 16.6. The molecular weight excluding hydrogens is 332 g/mol. The van der Waals surface area contributed by atoms with Crippen molar-refractivity contribution in [2.45, 2.75) is 32.5 Å². The van der Waals surface area contributed by atoms with Crippen molar-refractivity contribution in [3.05, 3.63) is 59.7 Å². The molecule has 1 saturated heterocycles. The van der Waals surface area contributed by atoms with Crippen LogP contribution in [0.25, 0.3) is 0 Å². The lowest BCUT2D eigenvalue weighted by atomic mass is 10.1. The van der Waals surface area contributed by atoms with Gasteiger partial charge >= 0.3 is 5.97 Å². The van der Waals surface area contributed by atoms with Crippen molar-refractivity contribution in [1.82, 2.24) is 0 Å². The quantitative estimate of drug-likeness (QED) is 0.669. The van der Waals surface area contributed by atoms with Gasteiger partial charge in [0.25, 0.3) is 0 Å². The largest absolute Gasteiger partial charge is 0.494 e. The predicted molar refractivity (Wildman–Crippen MR) is 97.6 cm³/mol. The van der Waals surface area contributed by atoms with E-state index in [1.165, 1.54) is 0 Å². The van der Waals surface area contributed by atoms with E-state index in [4.69, 9.17) is 18.9 Å². The number of rotatable bonds is 8. The molecule has 1 fully saturated rings. The Morgan fingerprint density at radius 2 is 1.88 bits per heavy atom. The van der Waals surface area contributed by atoms with Gasteiger partial charge in [-0.15, -0.1) is 0 Å². The van der Waals surface area contributed by atoms with Gasteiger partial charge in [0.15, 0.2) is 0 Å². The SMILES string of the molecule is CCOc1ccc(OCc2cccc(C(=O)OCC3CCCO3)c2)cc1. The van der Waals surface area contributed by atoms with E-state index >= 15 is 0 Å². The van der Waals surface area contributed by atoms with E-state index in [1.807, 2.05) is 43.3 Å². The summed E-state index contributed by atoms with van der Waals surface area (Å²) in [5.41, 5.74) is 1.43. The summed E-state index contributed by atoms with van der Waals surface area (Å²) >= 11 is 0. The Labute approximate surface area is 153 Å². The fourth-order valence-electron chi connectivity index (χ4n) is 2.78. The molecule has 0 N–H and O–H groups in total. The average Bonchev–Trinajstić information content (AvgIpc) is 3.20. The number of hydrogen-bond acceptors (Lipinski definition) is 5. The molecule has 0 spiro atoms. The van der Waals surface area contributed by atoms with Crippen LogP contribution in [0, 0.1) is 0 Å². The van der Waals surface area contributed by atoms with E-state index in [0.717, 1.165) is 36.5 Å². The summed E-state index contributed by atoms with van der Waals surface area (Å²) in [6, 6.07) is 14.8. The van der Waals surface area contributed by atoms with Crippen LogP contribution in [0.2, 0.25) is 0 Å². The summed E-state index contributed by atoms with van der Waals surface area (Å²) in [5, 5.41) is 0. The molecule has 3 rings (SSSR count). The molecule has 0 aromatic heterocycles. The number of hydrogen-bond donors (Lipinski definition) is 0. The first kappa shape index (κ1) is 18.3. The van der Waals surface area contributed by atoms with Gasteiger partial charge in [-0.2, -0.15) is 0 Å². The lowest BCUT2D eigenvalue weighted by molar-refractivity contribution is 0.0161. The smallest absolute Gasteiger partial charge is 0.338 e. The molecule has 2 aromatic rings. The summed E-state index contributed by atoms with van der Waals surface area (Å²) in [5.74, 6) is 1.24. The lowest BCUT2D eigenvalue weighted by Crippen LogP contribution is -2.18. The Kier molecular flexibility index (Phi) is 6.50. The van der Waals surface area contributed by atoms with Gasteiger partial charge in [-0.3, -0.25) is 0 Å². The van der Waals surface area contributed by atoms with Gasteiger partial charge in [0, 0.05) is 6.61 Å². The van der Waals surface area contributed by atoms with Crippen LogP contribution in [0.15, 0.2) is 48.5 Å². The van der Waals surface area contributed by atoms with Crippen molar-refractivity contribution in [3.8, 4) is 11.5 Å². The van der Waals surface area contributed by atoms with Gasteiger partial charge in [-0.05, 0) is 61.7 Å². The van der Waals surface area contributed by atoms with Gasteiger partial charge in [0.1, 0.15) is 24.7 Å². The molecule has 0 bridgehead atoms. The zero-order valence-electron chi connectivity index (χ0n) is 15.0. The molecule has 0 saturated carbocycles. The maximum Gasteiger partial charge on any atom is 0.338 e. The number of ether oxygens (including phenoxy) is 4. The Balaban J connectivity index is 1.52. The van der Waals surface area contributed by atoms with Crippen molar-refractivity contribution in [3.63, 3.8) is 0 Å². The van der Waals surface area contributed by atoms with Crippen molar-refractivity contribution in [1.29, 1.82) is 0 Å². The molecule has 0 radical (unpaired) electrons. The molecule has 5 heteroatoms. The fraction of sp³-hybridized carbons (Fsp3) is 0.381. The molecule has 2 aromatic carbocycles. The number of carbonyl (C=O) groups excluding carboxylic acids is 1. The first-order valence-electron chi connectivity index (χ1n) is 8.98. The minimum atomic E-state index is -0.330. The zero-order valence-corrected chi connectivity index (χ0v) is 15.0. The van der Waals surface area contributed by atoms with Crippen LogP contribution >= 0.6 is 0 Å². The Morgan fingerprint density at radius 3 is 2.58 bits per heavy atom. The monoisotopic (exact) mass is 356 g/mol. The summed E-state index contributed by atoms with van der Waals surface area (Å²) < 4.78 is 22.0. The van der Waals surface area contributed by atoms with E-state index in [1.54, 1.807) is 12.1 Å². The molecule has 5 nitrogen and oxygen atoms in total. The molecule has 1 heterocycles. The van der Waals surface area contributed by atoms with E-state index in [2.05, 4.69) is 0 Å². The second-order valence-corrected chi connectivity index (χ2v) is 6.13. The van der Waals surface area contributed by atoms with Crippen molar-refractivity contribution < 1.29 is 23.7 Å². The van der Waals surface area contributed by atoms with Crippen LogP contribution in [-0.2, 0) is 16.1 Å². The van der Waals surface area contributed by atoms with Gasteiger partial charge in [0.2, 0.25) is 0 Å². The molecule has 26 heavy (non-hydrogen) atoms. The van der Waals surface area contributed by atoms with Crippen LogP contribution in [-0.4, -0.2) is 31.9 Å². The standard InChI is InChI=1S/C21H24O5/c1-2-23-18-8-10-19(11-9-18)25-14-16-5-3-6-17(13-16)21(22)26-15-20-7-4-12-24-20/h3,5-6,8-11,13,20H,2,4,7,12,14-15H2,1H3. The van der Waals surface area contributed by atoms with Crippen LogP contribution in [0.5, 0.6) is 11.5 Å². The molecular formula is C21H24O5. The van der Waals surface area contributed by atoms with Gasteiger partial charge in [-0.1, -0.05) is 12.1 Å². The molecule has 1 atom stereocenters. The number of benzene rings is 2. The van der Waals surface area contributed by atoms with Crippen molar-refractivity contribution >= 4 is 5.97 Å². The van der Waals surface area contributed by atoms with E-state index in [-0.39, 0.29) is 12.1 Å². The molecule has 0 amide bonds. The molecule has 1 unspecified atom stereocenters. The average molecular weight is 356 g/mol. The first-order chi connectivity index (χ1) is 12.7. The summed E-state index contributed by atoms with van der Waals surface area (Å²) in [6.45, 7) is 4.02. The van der Waals surface area contributed by atoms with E-state index < -0.39 is 0 Å². The maximum absolute atomic E-state index is 12.2. The highest BCUT2D eigenvalue weighted by Crippen LogP contribution is 2.19. The predicted octanol–water partition coefficient (Wildman–Crippen LogP) is 4.00. The van der Waals surface area contributed by atoms with Crippen molar-refractivity contribution in [2.75, 3.05) is 19.8 Å². The normalized spacial score (nSPS) is 16.3. The Morgan fingerprint density at radius 1 is 1.12 bits per heavy atom. The van der Waals surface area contributed by atoms with Crippen LogP contribution in [0.1, 0.15) is 35.7 Å². The fourth-order valence-corrected chi connectivity index (χ4v) is 2.78. The molecule has 1 aliphatic heterocycles. The van der Waals surface area contributed by atoms with Gasteiger partial charge < -0.3 is 18.9 Å². The molecule has 0 aliphatic carbocycles. The second kappa shape index (κ2) is 9.25. The molecule has 1 aliphatic rings. The third-order valence-corrected chi connectivity index (χ3v) is 4.13. The summed E-state index contributed by atoms with van der Waals surface area (Å²) in [4.78, 5) is 12.2. The highest BCUT2D eigenvalue weighted by Gasteiger charge is 2.18. The number of carbonyl (C=O) groups is 1. The summed E-state index contributed by atoms with van der Waals surface area (Å²) in [7, 11) is 0. The van der Waals surface area contributed by atoms with Crippen LogP contribution < -0.4 is 9.47 Å². The third-order valence-electron chi connectivity index (χ3n) is 4.13. The topological polar surface area (TPSA) is 54.0 Å². The maximum atomic E-state index is 12.2. The van der Waals surface area contributed by atoms with E-state index in [0.29, 0.717) is 25.4 Å².